The van der Waals surface area contributed by atoms with E-state index >= 15 is 0 Å². The molecule has 28 heavy (non-hydrogen) atoms. The molecule has 1 aliphatic heterocycles. The fourth-order valence-electron chi connectivity index (χ4n) is 2.73. The van der Waals surface area contributed by atoms with Crippen LogP contribution in [0.25, 0.3) is 0 Å². The average molecular weight is 399 g/mol. The van der Waals surface area contributed by atoms with Crippen LogP contribution in [0.5, 0.6) is 0 Å². The number of nitrogens with zero attached hydrogens (tertiary/aromatic N) is 2. The molecule has 0 spiro atoms. The predicted molar refractivity (Wildman–Crippen MR) is 103 cm³/mol. The number of nitro groups is 1. The number of rotatable bonds is 7. The highest BCUT2D eigenvalue weighted by Crippen LogP contribution is 2.26. The summed E-state index contributed by atoms with van der Waals surface area (Å²) < 4.78 is 0. The van der Waals surface area contributed by atoms with Crippen LogP contribution in [0.15, 0.2) is 47.4 Å². The number of benzene rings is 2. The highest BCUT2D eigenvalue weighted by Gasteiger charge is 2.37. The van der Waals surface area contributed by atoms with Crippen molar-refractivity contribution in [2.75, 3.05) is 18.8 Å². The molecule has 2 aromatic rings. The number of carbonyl (C=O) groups is 3. The Morgan fingerprint density at radius 1 is 1.11 bits per heavy atom. The zero-order valence-corrected chi connectivity index (χ0v) is 15.8. The van der Waals surface area contributed by atoms with Gasteiger partial charge in [0.2, 0.25) is 5.91 Å². The van der Waals surface area contributed by atoms with Crippen LogP contribution in [0.1, 0.15) is 26.3 Å². The predicted octanol–water partition coefficient (Wildman–Crippen LogP) is 2.41. The van der Waals surface area contributed by atoms with Gasteiger partial charge in [0.05, 0.1) is 16.1 Å². The lowest BCUT2D eigenvalue weighted by molar-refractivity contribution is -0.384. The van der Waals surface area contributed by atoms with Crippen molar-refractivity contribution in [3.8, 4) is 0 Å². The lowest BCUT2D eigenvalue weighted by Gasteiger charge is -2.13. The van der Waals surface area contributed by atoms with Gasteiger partial charge in [-0.25, -0.2) is 0 Å². The van der Waals surface area contributed by atoms with Gasteiger partial charge in [-0.1, -0.05) is 17.7 Å². The molecule has 8 nitrogen and oxygen atoms in total. The number of imide groups is 1. The van der Waals surface area contributed by atoms with Crippen molar-refractivity contribution < 1.29 is 19.3 Å². The maximum absolute atomic E-state index is 12.4. The third-order valence-corrected chi connectivity index (χ3v) is 5.19. The van der Waals surface area contributed by atoms with E-state index in [4.69, 9.17) is 0 Å². The van der Waals surface area contributed by atoms with Crippen molar-refractivity contribution in [1.29, 1.82) is 0 Å². The first-order valence-electron chi connectivity index (χ1n) is 8.47. The second-order valence-electron chi connectivity index (χ2n) is 6.19. The van der Waals surface area contributed by atoms with Crippen LogP contribution in [0.3, 0.4) is 0 Å². The third kappa shape index (κ3) is 4.20. The quantitative estimate of drug-likeness (QED) is 0.252. The van der Waals surface area contributed by atoms with Crippen molar-refractivity contribution in [3.05, 3.63) is 69.3 Å². The molecular weight excluding hydrogens is 382 g/mol. The van der Waals surface area contributed by atoms with Crippen LogP contribution in [0.4, 0.5) is 5.69 Å². The standard InChI is InChI=1S/C19H17N3O5S/c1-12-2-5-14(6-3-12)28-9-8-20-17(23)11-21-18(24)15-7-4-13(22(26)27)10-16(15)19(21)25/h2-7,10H,8-9,11H2,1H3,(H,20,23). The van der Waals surface area contributed by atoms with E-state index in [1.807, 2.05) is 31.2 Å². The summed E-state index contributed by atoms with van der Waals surface area (Å²) in [7, 11) is 0. The molecule has 0 radical (unpaired) electrons. The van der Waals surface area contributed by atoms with Crippen LogP contribution in [-0.4, -0.2) is 46.4 Å². The van der Waals surface area contributed by atoms with E-state index in [2.05, 4.69) is 5.32 Å². The van der Waals surface area contributed by atoms with Crippen LogP contribution in [0.2, 0.25) is 0 Å². The Morgan fingerprint density at radius 2 is 1.79 bits per heavy atom. The summed E-state index contributed by atoms with van der Waals surface area (Å²) in [6.45, 7) is 1.97. The van der Waals surface area contributed by atoms with Crippen molar-refractivity contribution in [2.45, 2.75) is 11.8 Å². The van der Waals surface area contributed by atoms with Crippen molar-refractivity contribution in [2.24, 2.45) is 0 Å². The van der Waals surface area contributed by atoms with E-state index in [1.54, 1.807) is 11.8 Å². The van der Waals surface area contributed by atoms with Crippen LogP contribution < -0.4 is 5.32 Å². The van der Waals surface area contributed by atoms with E-state index in [9.17, 15) is 24.5 Å². The molecule has 0 unspecified atom stereocenters. The number of aryl methyl sites for hydroxylation is 1. The first-order valence-corrected chi connectivity index (χ1v) is 9.46. The average Bonchev–Trinajstić information content (AvgIpc) is 2.91. The highest BCUT2D eigenvalue weighted by atomic mass is 32.2. The SMILES string of the molecule is Cc1ccc(SCCNC(=O)CN2C(=O)c3ccc([N+](=O)[O-])cc3C2=O)cc1. The first-order chi connectivity index (χ1) is 13.4. The van der Waals surface area contributed by atoms with Gasteiger partial charge in [-0.3, -0.25) is 29.4 Å². The largest absolute Gasteiger partial charge is 0.354 e. The molecule has 0 bridgehead atoms. The summed E-state index contributed by atoms with van der Waals surface area (Å²) in [5.41, 5.74) is 0.906. The summed E-state index contributed by atoms with van der Waals surface area (Å²) >= 11 is 1.58. The topological polar surface area (TPSA) is 110 Å². The van der Waals surface area contributed by atoms with Crippen LogP contribution >= 0.6 is 11.8 Å². The molecular formula is C19H17N3O5S. The number of thioether (sulfide) groups is 1. The summed E-state index contributed by atoms with van der Waals surface area (Å²) in [5, 5.41) is 13.5. The van der Waals surface area contributed by atoms with E-state index in [0.717, 1.165) is 21.9 Å². The monoisotopic (exact) mass is 399 g/mol. The maximum atomic E-state index is 12.4. The molecule has 0 fully saturated rings. The van der Waals surface area contributed by atoms with Gasteiger partial charge in [-0.2, -0.15) is 0 Å². The number of hydrogen-bond donors (Lipinski definition) is 1. The van der Waals surface area contributed by atoms with E-state index in [0.29, 0.717) is 12.3 Å². The van der Waals surface area contributed by atoms with Gasteiger partial charge in [0.25, 0.3) is 17.5 Å². The smallest absolute Gasteiger partial charge is 0.270 e. The zero-order chi connectivity index (χ0) is 20.3. The Balaban J connectivity index is 1.52. The molecule has 0 atom stereocenters. The Morgan fingerprint density at radius 3 is 2.46 bits per heavy atom. The van der Waals surface area contributed by atoms with Crippen molar-refractivity contribution in [1.82, 2.24) is 10.2 Å². The minimum absolute atomic E-state index is 0.0538. The summed E-state index contributed by atoms with van der Waals surface area (Å²) in [4.78, 5) is 48.9. The Kier molecular flexibility index (Phi) is 5.74. The first kappa shape index (κ1) is 19.6. The minimum Gasteiger partial charge on any atom is -0.354 e. The van der Waals surface area contributed by atoms with Crippen molar-refractivity contribution in [3.63, 3.8) is 0 Å². The zero-order valence-electron chi connectivity index (χ0n) is 15.0. The molecule has 1 N–H and O–H groups in total. The number of hydrogen-bond acceptors (Lipinski definition) is 6. The second-order valence-corrected chi connectivity index (χ2v) is 7.36. The van der Waals surface area contributed by atoms with E-state index in [1.165, 1.54) is 11.6 Å². The maximum Gasteiger partial charge on any atom is 0.270 e. The molecule has 3 amide bonds. The number of nitrogens with one attached hydrogen (secondary N) is 1. The summed E-state index contributed by atoms with van der Waals surface area (Å²) in [5.74, 6) is -1.15. The number of carbonyl (C=O) groups excluding carboxylic acids is 3. The molecule has 0 saturated carbocycles. The normalized spacial score (nSPS) is 12.8. The molecule has 3 rings (SSSR count). The van der Waals surface area contributed by atoms with Gasteiger partial charge in [-0.05, 0) is 25.1 Å². The number of nitro benzene ring substituents is 1. The molecule has 0 aromatic heterocycles. The minimum atomic E-state index is -0.701. The Hall–Kier alpha value is -3.20. The van der Waals surface area contributed by atoms with Crippen molar-refractivity contribution >= 4 is 35.2 Å². The van der Waals surface area contributed by atoms with Crippen LogP contribution in [0, 0.1) is 17.0 Å². The van der Waals surface area contributed by atoms with Gasteiger partial charge in [0, 0.05) is 29.3 Å². The van der Waals surface area contributed by atoms with E-state index < -0.39 is 29.2 Å². The van der Waals surface area contributed by atoms with Gasteiger partial charge >= 0.3 is 0 Å². The van der Waals surface area contributed by atoms with E-state index in [-0.39, 0.29) is 16.8 Å². The second kappa shape index (κ2) is 8.22. The van der Waals surface area contributed by atoms with Gasteiger partial charge in [0.1, 0.15) is 6.54 Å². The lowest BCUT2D eigenvalue weighted by atomic mass is 10.1. The van der Waals surface area contributed by atoms with Crippen LogP contribution in [-0.2, 0) is 4.79 Å². The number of fused-ring (bicyclic) bond motifs is 1. The molecule has 1 aliphatic rings. The Labute approximate surface area is 165 Å². The summed E-state index contributed by atoms with van der Waals surface area (Å²) in [6, 6.07) is 11.5. The molecule has 0 aliphatic carbocycles. The summed E-state index contributed by atoms with van der Waals surface area (Å²) in [6.07, 6.45) is 0. The fourth-order valence-corrected chi connectivity index (χ4v) is 3.50. The molecule has 0 saturated heterocycles. The number of amides is 3. The molecule has 144 valence electrons. The fraction of sp³-hybridized carbons (Fsp3) is 0.211. The molecule has 2 aromatic carbocycles. The Bertz CT molecular complexity index is 959. The highest BCUT2D eigenvalue weighted by molar-refractivity contribution is 7.99. The molecule has 9 heteroatoms. The third-order valence-electron chi connectivity index (χ3n) is 4.18. The van der Waals surface area contributed by atoms with Gasteiger partial charge in [0.15, 0.2) is 0 Å². The lowest BCUT2D eigenvalue weighted by Crippen LogP contribution is -2.40. The number of non-ortho nitro benzene ring substituents is 1. The molecule has 1 heterocycles. The van der Waals surface area contributed by atoms with Gasteiger partial charge < -0.3 is 5.32 Å². The van der Waals surface area contributed by atoms with Gasteiger partial charge in [-0.15, -0.1) is 11.8 Å².